The fourth-order valence-electron chi connectivity index (χ4n) is 2.84. The molecule has 0 aliphatic rings. The van der Waals surface area contributed by atoms with Gasteiger partial charge in [0.25, 0.3) is 15.9 Å². The molecule has 0 spiro atoms. The lowest BCUT2D eigenvalue weighted by atomic mass is 10.1. The molecule has 162 valence electrons. The third kappa shape index (κ3) is 5.96. The minimum atomic E-state index is -3.99. The molecule has 0 unspecified atom stereocenters. The number of carbonyl (C=O) groups excluding carboxylic acids is 1. The second-order valence-corrected chi connectivity index (χ2v) is 8.73. The summed E-state index contributed by atoms with van der Waals surface area (Å²) in [5.74, 6) is -0.433. The number of hydrogen-bond acceptors (Lipinski definition) is 4. The van der Waals surface area contributed by atoms with Crippen LogP contribution in [0.4, 0.5) is 10.1 Å². The Hall–Kier alpha value is -3.10. The first-order valence-electron chi connectivity index (χ1n) is 9.27. The van der Waals surface area contributed by atoms with Crippen molar-refractivity contribution in [2.45, 2.75) is 11.3 Å². The summed E-state index contributed by atoms with van der Waals surface area (Å²) < 4.78 is 46.2. The molecule has 1 amide bonds. The molecule has 0 bridgehead atoms. The first-order chi connectivity index (χ1) is 14.8. The van der Waals surface area contributed by atoms with Gasteiger partial charge in [0.1, 0.15) is 11.6 Å². The number of nitrogens with one attached hydrogen (secondary N) is 2. The molecule has 9 heteroatoms. The lowest BCUT2D eigenvalue weighted by Gasteiger charge is -2.13. The van der Waals surface area contributed by atoms with E-state index >= 15 is 0 Å². The van der Waals surface area contributed by atoms with E-state index in [0.717, 1.165) is 5.56 Å². The smallest absolute Gasteiger partial charge is 0.262 e. The van der Waals surface area contributed by atoms with Crippen LogP contribution in [-0.4, -0.2) is 28.0 Å². The predicted octanol–water partition coefficient (Wildman–Crippen LogP) is 4.26. The summed E-state index contributed by atoms with van der Waals surface area (Å²) in [5, 5.41) is 3.07. The monoisotopic (exact) mass is 462 g/mol. The summed E-state index contributed by atoms with van der Waals surface area (Å²) in [7, 11) is -2.58. The molecule has 3 rings (SSSR count). The van der Waals surface area contributed by atoms with E-state index in [2.05, 4.69) is 10.0 Å². The van der Waals surface area contributed by atoms with E-state index in [1.165, 1.54) is 49.6 Å². The first-order valence-corrected chi connectivity index (χ1v) is 11.1. The Morgan fingerprint density at radius 2 is 1.81 bits per heavy atom. The fraction of sp³-hybridized carbons (Fsp3) is 0.136. The highest BCUT2D eigenvalue weighted by molar-refractivity contribution is 7.92. The number of sulfonamides is 1. The molecule has 31 heavy (non-hydrogen) atoms. The third-order valence-corrected chi connectivity index (χ3v) is 6.02. The van der Waals surface area contributed by atoms with E-state index in [4.69, 9.17) is 16.3 Å². The van der Waals surface area contributed by atoms with Gasteiger partial charge < -0.3 is 10.1 Å². The van der Waals surface area contributed by atoms with Gasteiger partial charge in [0.05, 0.1) is 17.7 Å². The number of amides is 1. The zero-order valence-corrected chi connectivity index (χ0v) is 18.1. The Labute approximate surface area is 185 Å². The van der Waals surface area contributed by atoms with Gasteiger partial charge in [-0.2, -0.15) is 0 Å². The molecule has 0 aliphatic carbocycles. The molecule has 3 aromatic rings. The van der Waals surface area contributed by atoms with E-state index in [-0.39, 0.29) is 22.0 Å². The highest BCUT2D eigenvalue weighted by Crippen LogP contribution is 2.29. The van der Waals surface area contributed by atoms with E-state index in [1.807, 2.05) is 0 Å². The average molecular weight is 463 g/mol. The molecule has 0 atom stereocenters. The second kappa shape index (κ2) is 9.80. The van der Waals surface area contributed by atoms with Gasteiger partial charge >= 0.3 is 0 Å². The molecule has 0 saturated heterocycles. The highest BCUT2D eigenvalue weighted by Gasteiger charge is 2.18. The maximum atomic E-state index is 13.0. The summed E-state index contributed by atoms with van der Waals surface area (Å²) in [5.41, 5.74) is 1.25. The first kappa shape index (κ1) is 22.6. The van der Waals surface area contributed by atoms with Crippen molar-refractivity contribution in [3.63, 3.8) is 0 Å². The zero-order chi connectivity index (χ0) is 22.4. The van der Waals surface area contributed by atoms with E-state index in [9.17, 15) is 17.6 Å². The summed E-state index contributed by atoms with van der Waals surface area (Å²) in [6.07, 6.45) is 0.514. The van der Waals surface area contributed by atoms with Crippen molar-refractivity contribution in [1.29, 1.82) is 0 Å². The molecular formula is C22H20ClFN2O4S. The van der Waals surface area contributed by atoms with E-state index in [0.29, 0.717) is 23.7 Å². The van der Waals surface area contributed by atoms with Crippen molar-refractivity contribution >= 4 is 33.2 Å². The number of benzene rings is 3. The molecule has 0 aromatic heterocycles. The topological polar surface area (TPSA) is 84.5 Å². The second-order valence-electron chi connectivity index (χ2n) is 6.61. The number of rotatable bonds is 8. The summed E-state index contributed by atoms with van der Waals surface area (Å²) in [6, 6.07) is 16.2. The molecule has 2 N–H and O–H groups in total. The molecule has 0 radical (unpaired) electrons. The van der Waals surface area contributed by atoms with Crippen LogP contribution in [0.1, 0.15) is 15.9 Å². The summed E-state index contributed by atoms with van der Waals surface area (Å²) in [4.78, 5) is 12.4. The lowest BCUT2D eigenvalue weighted by molar-refractivity contribution is 0.0954. The number of carbonyl (C=O) groups is 1. The van der Waals surface area contributed by atoms with E-state index in [1.54, 1.807) is 24.3 Å². The molecule has 0 saturated carbocycles. The van der Waals surface area contributed by atoms with Gasteiger partial charge in [-0.3, -0.25) is 9.52 Å². The Balaban J connectivity index is 1.70. The van der Waals surface area contributed by atoms with Crippen molar-refractivity contribution in [2.24, 2.45) is 0 Å². The number of anilines is 1. The Bertz CT molecular complexity index is 1180. The van der Waals surface area contributed by atoms with Crippen LogP contribution < -0.4 is 14.8 Å². The number of ether oxygens (including phenoxy) is 1. The molecule has 0 fully saturated rings. The quantitative estimate of drug-likeness (QED) is 0.524. The van der Waals surface area contributed by atoms with Gasteiger partial charge in [-0.1, -0.05) is 29.8 Å². The number of halogens is 2. The van der Waals surface area contributed by atoms with E-state index < -0.39 is 15.9 Å². The standard InChI is InChI=1S/C22H20ClFN2O4S/c1-30-21-10-7-17(23)14-20(21)26-31(28,29)19-4-2-3-16(13-19)22(27)25-12-11-15-5-8-18(24)9-6-15/h2-10,13-14,26H,11-12H2,1H3,(H,25,27). The van der Waals surface area contributed by atoms with Crippen LogP contribution in [0.2, 0.25) is 5.02 Å². The average Bonchev–Trinajstić information content (AvgIpc) is 2.75. The van der Waals surface area contributed by atoms with Crippen molar-refractivity contribution in [3.8, 4) is 5.75 Å². The molecule has 0 aliphatic heterocycles. The number of hydrogen-bond donors (Lipinski definition) is 2. The Morgan fingerprint density at radius 3 is 2.52 bits per heavy atom. The lowest BCUT2D eigenvalue weighted by Crippen LogP contribution is -2.26. The van der Waals surface area contributed by atoms with Crippen LogP contribution in [0.3, 0.4) is 0 Å². The molecular weight excluding hydrogens is 443 g/mol. The van der Waals surface area contributed by atoms with Crippen LogP contribution >= 0.6 is 11.6 Å². The third-order valence-electron chi connectivity index (χ3n) is 4.42. The van der Waals surface area contributed by atoms with Gasteiger partial charge in [-0.25, -0.2) is 12.8 Å². The summed E-state index contributed by atoms with van der Waals surface area (Å²) >= 11 is 5.95. The predicted molar refractivity (Wildman–Crippen MR) is 118 cm³/mol. The van der Waals surface area contributed by atoms with Gasteiger partial charge in [-0.05, 0) is 60.5 Å². The SMILES string of the molecule is COc1ccc(Cl)cc1NS(=O)(=O)c1cccc(C(=O)NCCc2ccc(F)cc2)c1. The Kier molecular flexibility index (Phi) is 7.14. The van der Waals surface area contributed by atoms with Crippen molar-refractivity contribution < 1.29 is 22.3 Å². The van der Waals surface area contributed by atoms with Crippen LogP contribution in [0.15, 0.2) is 71.6 Å². The van der Waals surface area contributed by atoms with Crippen molar-refractivity contribution in [3.05, 3.63) is 88.7 Å². The minimum absolute atomic E-state index is 0.0827. The molecule has 0 heterocycles. The molecule has 3 aromatic carbocycles. The van der Waals surface area contributed by atoms with Gasteiger partial charge in [0.2, 0.25) is 0 Å². The maximum Gasteiger partial charge on any atom is 0.262 e. The Morgan fingerprint density at radius 1 is 1.06 bits per heavy atom. The maximum absolute atomic E-state index is 13.0. The largest absolute Gasteiger partial charge is 0.495 e. The van der Waals surface area contributed by atoms with Crippen LogP contribution in [0, 0.1) is 5.82 Å². The van der Waals surface area contributed by atoms with Crippen molar-refractivity contribution in [2.75, 3.05) is 18.4 Å². The fourth-order valence-corrected chi connectivity index (χ4v) is 4.12. The minimum Gasteiger partial charge on any atom is -0.495 e. The van der Waals surface area contributed by atoms with Gasteiger partial charge in [0.15, 0.2) is 0 Å². The van der Waals surface area contributed by atoms with Gasteiger partial charge in [-0.15, -0.1) is 0 Å². The number of methoxy groups -OCH3 is 1. The normalized spacial score (nSPS) is 11.1. The summed E-state index contributed by atoms with van der Waals surface area (Å²) in [6.45, 7) is 0.319. The molecule has 6 nitrogen and oxygen atoms in total. The van der Waals surface area contributed by atoms with Crippen LogP contribution in [0.5, 0.6) is 5.75 Å². The van der Waals surface area contributed by atoms with Gasteiger partial charge in [0, 0.05) is 17.1 Å². The highest BCUT2D eigenvalue weighted by atomic mass is 35.5. The van der Waals surface area contributed by atoms with Crippen LogP contribution in [0.25, 0.3) is 0 Å². The van der Waals surface area contributed by atoms with Crippen molar-refractivity contribution in [1.82, 2.24) is 5.32 Å². The zero-order valence-electron chi connectivity index (χ0n) is 16.6. The van der Waals surface area contributed by atoms with Crippen LogP contribution in [-0.2, 0) is 16.4 Å².